The Morgan fingerprint density at radius 2 is 2.09 bits per heavy atom. The number of amides is 1. The van der Waals surface area contributed by atoms with Crippen molar-refractivity contribution < 1.29 is 18.4 Å². The van der Waals surface area contributed by atoms with E-state index >= 15 is 0 Å². The number of nitrogens with zero attached hydrogens (tertiary/aromatic N) is 1. The van der Waals surface area contributed by atoms with Crippen LogP contribution in [0.3, 0.4) is 0 Å². The van der Waals surface area contributed by atoms with Crippen LogP contribution in [0.15, 0.2) is 28.8 Å². The van der Waals surface area contributed by atoms with Gasteiger partial charge in [-0.3, -0.25) is 4.79 Å². The van der Waals surface area contributed by atoms with Gasteiger partial charge in [-0.1, -0.05) is 25.1 Å². The van der Waals surface area contributed by atoms with E-state index in [9.17, 15) is 9.18 Å². The summed E-state index contributed by atoms with van der Waals surface area (Å²) in [4.78, 5) is 12.2. The lowest BCUT2D eigenvalue weighted by atomic mass is 10.1. The topological polar surface area (TPSA) is 64.4 Å². The largest absolute Gasteiger partial charge is 0.494 e. The lowest BCUT2D eigenvalue weighted by Gasteiger charge is -2.14. The molecular weight excluding hydrogens is 299 g/mol. The zero-order valence-corrected chi connectivity index (χ0v) is 13.7. The predicted octanol–water partition coefficient (Wildman–Crippen LogP) is 3.51. The monoisotopic (exact) mass is 320 g/mol. The molecule has 23 heavy (non-hydrogen) atoms. The van der Waals surface area contributed by atoms with E-state index in [1.54, 1.807) is 19.1 Å². The molecule has 1 aromatic carbocycles. The average Bonchev–Trinajstić information content (AvgIpc) is 2.94. The van der Waals surface area contributed by atoms with Gasteiger partial charge >= 0.3 is 0 Å². The summed E-state index contributed by atoms with van der Waals surface area (Å²) in [5.41, 5.74) is 1.38. The minimum atomic E-state index is -0.468. The minimum Gasteiger partial charge on any atom is -0.494 e. The molecule has 0 aliphatic heterocycles. The first-order valence-corrected chi connectivity index (χ1v) is 7.50. The van der Waals surface area contributed by atoms with Crippen LogP contribution in [0.5, 0.6) is 5.75 Å². The van der Waals surface area contributed by atoms with Gasteiger partial charge in [0.15, 0.2) is 11.6 Å². The highest BCUT2D eigenvalue weighted by molar-refractivity contribution is 5.91. The number of methoxy groups -OCH3 is 1. The van der Waals surface area contributed by atoms with E-state index in [-0.39, 0.29) is 23.5 Å². The first-order chi connectivity index (χ1) is 10.9. The molecule has 1 atom stereocenters. The molecule has 6 heteroatoms. The van der Waals surface area contributed by atoms with Crippen LogP contribution in [0.25, 0.3) is 0 Å². The van der Waals surface area contributed by atoms with Gasteiger partial charge in [0.05, 0.1) is 18.8 Å². The van der Waals surface area contributed by atoms with Crippen molar-refractivity contribution in [2.45, 2.75) is 33.2 Å². The van der Waals surface area contributed by atoms with Crippen LogP contribution in [0.2, 0.25) is 0 Å². The van der Waals surface area contributed by atoms with Crippen LogP contribution in [-0.4, -0.2) is 18.2 Å². The quantitative estimate of drug-likeness (QED) is 0.884. The van der Waals surface area contributed by atoms with E-state index in [4.69, 9.17) is 9.26 Å². The summed E-state index contributed by atoms with van der Waals surface area (Å²) in [6, 6.07) is 5.84. The van der Waals surface area contributed by atoms with Crippen molar-refractivity contribution in [3.05, 3.63) is 47.1 Å². The lowest BCUT2D eigenvalue weighted by molar-refractivity contribution is 0.0902. The fourth-order valence-electron chi connectivity index (χ4n) is 2.24. The molecular formula is C17H21FN2O3. The summed E-state index contributed by atoms with van der Waals surface area (Å²) in [5.74, 6) is -0.0965. The van der Waals surface area contributed by atoms with E-state index < -0.39 is 5.82 Å². The van der Waals surface area contributed by atoms with Crippen molar-refractivity contribution in [2.75, 3.05) is 7.11 Å². The maximum Gasteiger partial charge on any atom is 0.290 e. The lowest BCUT2D eigenvalue weighted by Crippen LogP contribution is -2.26. The Hall–Kier alpha value is -2.37. The van der Waals surface area contributed by atoms with Gasteiger partial charge in [0, 0.05) is 6.07 Å². The molecule has 0 radical (unpaired) electrons. The van der Waals surface area contributed by atoms with E-state index in [0.29, 0.717) is 11.5 Å². The molecule has 5 nitrogen and oxygen atoms in total. The second kappa shape index (κ2) is 7.26. The average molecular weight is 320 g/mol. The molecule has 2 aromatic rings. The smallest absolute Gasteiger partial charge is 0.290 e. The second-order valence-corrected chi connectivity index (χ2v) is 5.87. The fraction of sp³-hybridized carbons (Fsp3) is 0.412. The zero-order valence-electron chi connectivity index (χ0n) is 13.7. The Balaban J connectivity index is 2.04. The summed E-state index contributed by atoms with van der Waals surface area (Å²) >= 11 is 0. The van der Waals surface area contributed by atoms with E-state index in [2.05, 4.69) is 24.3 Å². The number of carbonyl (C=O) groups excluding carboxylic acids is 1. The molecule has 0 aliphatic carbocycles. The summed E-state index contributed by atoms with van der Waals surface area (Å²) in [6.45, 7) is 5.90. The first-order valence-electron chi connectivity index (χ1n) is 7.50. The van der Waals surface area contributed by atoms with E-state index in [0.717, 1.165) is 12.1 Å². The molecule has 2 rings (SSSR count). The van der Waals surface area contributed by atoms with Gasteiger partial charge in [0.2, 0.25) is 5.76 Å². The van der Waals surface area contributed by atoms with Crippen molar-refractivity contribution in [2.24, 2.45) is 5.92 Å². The maximum atomic E-state index is 13.7. The molecule has 0 bridgehead atoms. The van der Waals surface area contributed by atoms with E-state index in [1.807, 2.05) is 0 Å². The van der Waals surface area contributed by atoms with Crippen LogP contribution in [0.4, 0.5) is 4.39 Å². The SMILES string of the molecule is COc1ccc([C@@H](C)NC(=O)c2cc(CC(C)C)no2)cc1F. The third-order valence-electron chi connectivity index (χ3n) is 3.42. The minimum absolute atomic E-state index is 0.154. The number of carbonyl (C=O) groups is 1. The van der Waals surface area contributed by atoms with Crippen molar-refractivity contribution in [1.82, 2.24) is 10.5 Å². The number of aromatic nitrogens is 1. The summed E-state index contributed by atoms with van der Waals surface area (Å²) < 4.78 is 23.7. The molecule has 1 heterocycles. The van der Waals surface area contributed by atoms with Gasteiger partial charge in [-0.2, -0.15) is 0 Å². The molecule has 1 amide bonds. The Bertz CT molecular complexity index is 682. The molecule has 0 saturated heterocycles. The Labute approximate surface area is 134 Å². The first kappa shape index (κ1) is 17.0. The van der Waals surface area contributed by atoms with Crippen LogP contribution in [0, 0.1) is 11.7 Å². The fourth-order valence-corrected chi connectivity index (χ4v) is 2.24. The Kier molecular flexibility index (Phi) is 5.36. The van der Waals surface area contributed by atoms with Crippen molar-refractivity contribution >= 4 is 5.91 Å². The third kappa shape index (κ3) is 4.31. The molecule has 124 valence electrons. The zero-order chi connectivity index (χ0) is 17.0. The molecule has 0 unspecified atom stereocenters. The second-order valence-electron chi connectivity index (χ2n) is 5.87. The number of halogens is 1. The van der Waals surface area contributed by atoms with Gasteiger partial charge in [0.25, 0.3) is 5.91 Å². The number of hydrogen-bond acceptors (Lipinski definition) is 4. The van der Waals surface area contributed by atoms with Crippen LogP contribution in [0.1, 0.15) is 48.6 Å². The highest BCUT2D eigenvalue weighted by Gasteiger charge is 2.17. The number of ether oxygens (including phenoxy) is 1. The van der Waals surface area contributed by atoms with Gasteiger partial charge in [-0.15, -0.1) is 0 Å². The summed E-state index contributed by atoms with van der Waals surface area (Å²) in [7, 11) is 1.40. The van der Waals surface area contributed by atoms with Gasteiger partial charge in [0.1, 0.15) is 0 Å². The number of nitrogens with one attached hydrogen (secondary N) is 1. The molecule has 0 spiro atoms. The van der Waals surface area contributed by atoms with Gasteiger partial charge < -0.3 is 14.6 Å². The summed E-state index contributed by atoms with van der Waals surface area (Å²) in [6.07, 6.45) is 0.746. The van der Waals surface area contributed by atoms with Crippen LogP contribution < -0.4 is 10.1 Å². The van der Waals surface area contributed by atoms with E-state index in [1.165, 1.54) is 19.2 Å². The maximum absolute atomic E-state index is 13.7. The molecule has 0 fully saturated rings. The van der Waals surface area contributed by atoms with Crippen molar-refractivity contribution in [1.29, 1.82) is 0 Å². The molecule has 1 N–H and O–H groups in total. The predicted molar refractivity (Wildman–Crippen MR) is 83.9 cm³/mol. The molecule has 1 aromatic heterocycles. The normalized spacial score (nSPS) is 12.3. The third-order valence-corrected chi connectivity index (χ3v) is 3.42. The Morgan fingerprint density at radius 1 is 1.35 bits per heavy atom. The van der Waals surface area contributed by atoms with Crippen LogP contribution in [-0.2, 0) is 6.42 Å². The number of rotatable bonds is 6. The van der Waals surface area contributed by atoms with Crippen molar-refractivity contribution in [3.63, 3.8) is 0 Å². The molecule has 0 aliphatic rings. The molecule has 0 saturated carbocycles. The number of benzene rings is 1. The highest BCUT2D eigenvalue weighted by Crippen LogP contribution is 2.22. The highest BCUT2D eigenvalue weighted by atomic mass is 19.1. The van der Waals surface area contributed by atoms with Crippen molar-refractivity contribution in [3.8, 4) is 5.75 Å². The standard InChI is InChI=1S/C17H21FN2O3/c1-10(2)7-13-9-16(23-20-13)17(21)19-11(3)12-5-6-15(22-4)14(18)8-12/h5-6,8-11H,7H2,1-4H3,(H,19,21)/t11-/m1/s1. The van der Waals surface area contributed by atoms with Gasteiger partial charge in [-0.25, -0.2) is 4.39 Å². The van der Waals surface area contributed by atoms with Crippen LogP contribution >= 0.6 is 0 Å². The number of hydrogen-bond donors (Lipinski definition) is 1. The van der Waals surface area contributed by atoms with Gasteiger partial charge in [-0.05, 0) is 37.0 Å². The Morgan fingerprint density at radius 3 is 2.70 bits per heavy atom. The summed E-state index contributed by atoms with van der Waals surface area (Å²) in [5, 5.41) is 6.65.